The normalized spacial score (nSPS) is 9.90. The largest absolute Gasteiger partial charge is 0.491 e. The van der Waals surface area contributed by atoms with Gasteiger partial charge < -0.3 is 5.11 Å². The standard InChI is InChI=1S/C5H4BrClN2O/c1-2-4(7)9-5(10)3(6)8-2/h1H3,(H,9,10). The van der Waals surface area contributed by atoms with E-state index in [1.54, 1.807) is 6.92 Å². The van der Waals surface area contributed by atoms with E-state index in [1.165, 1.54) is 0 Å². The third-order valence-electron chi connectivity index (χ3n) is 0.953. The van der Waals surface area contributed by atoms with Crippen LogP contribution in [-0.2, 0) is 0 Å². The summed E-state index contributed by atoms with van der Waals surface area (Å²) in [5.74, 6) is -0.185. The molecule has 0 atom stereocenters. The molecule has 0 radical (unpaired) electrons. The van der Waals surface area contributed by atoms with E-state index >= 15 is 0 Å². The first-order chi connectivity index (χ1) is 4.61. The van der Waals surface area contributed by atoms with E-state index in [0.29, 0.717) is 10.3 Å². The molecule has 10 heavy (non-hydrogen) atoms. The van der Waals surface area contributed by atoms with Gasteiger partial charge in [0.2, 0.25) is 5.88 Å². The Labute approximate surface area is 71.2 Å². The monoisotopic (exact) mass is 222 g/mol. The molecule has 54 valence electrons. The van der Waals surface area contributed by atoms with Crippen LogP contribution in [0.5, 0.6) is 5.88 Å². The molecule has 0 saturated heterocycles. The van der Waals surface area contributed by atoms with Gasteiger partial charge in [0, 0.05) is 0 Å². The fraction of sp³-hybridized carbons (Fsp3) is 0.200. The Morgan fingerprint density at radius 3 is 2.60 bits per heavy atom. The summed E-state index contributed by atoms with van der Waals surface area (Å²) in [6.07, 6.45) is 0. The first-order valence-electron chi connectivity index (χ1n) is 2.50. The molecular weight excluding hydrogens is 219 g/mol. The van der Waals surface area contributed by atoms with Crippen LogP contribution in [0.3, 0.4) is 0 Å². The molecule has 0 saturated carbocycles. The van der Waals surface area contributed by atoms with Gasteiger partial charge in [-0.2, -0.15) is 4.98 Å². The molecule has 0 aliphatic rings. The van der Waals surface area contributed by atoms with Gasteiger partial charge in [0.25, 0.3) is 0 Å². The summed E-state index contributed by atoms with van der Waals surface area (Å²) in [4.78, 5) is 7.43. The van der Waals surface area contributed by atoms with Gasteiger partial charge in [0.15, 0.2) is 9.76 Å². The van der Waals surface area contributed by atoms with Crippen molar-refractivity contribution in [1.82, 2.24) is 9.97 Å². The molecule has 1 aromatic rings. The van der Waals surface area contributed by atoms with Gasteiger partial charge in [-0.05, 0) is 22.9 Å². The average molecular weight is 223 g/mol. The summed E-state index contributed by atoms with van der Waals surface area (Å²) in [6.45, 7) is 1.71. The van der Waals surface area contributed by atoms with Crippen LogP contribution in [0.1, 0.15) is 5.69 Å². The van der Waals surface area contributed by atoms with E-state index in [-0.39, 0.29) is 11.0 Å². The molecule has 3 nitrogen and oxygen atoms in total. The minimum absolute atomic E-state index is 0.185. The first kappa shape index (κ1) is 7.75. The number of nitrogens with zero attached hydrogens (tertiary/aromatic N) is 2. The van der Waals surface area contributed by atoms with Crippen LogP contribution in [0.25, 0.3) is 0 Å². The van der Waals surface area contributed by atoms with Gasteiger partial charge in [0.05, 0.1) is 5.69 Å². The Balaban J connectivity index is 3.28. The second kappa shape index (κ2) is 2.72. The number of halogens is 2. The zero-order chi connectivity index (χ0) is 7.72. The van der Waals surface area contributed by atoms with Crippen molar-refractivity contribution in [3.63, 3.8) is 0 Å². The molecule has 0 aliphatic carbocycles. The summed E-state index contributed by atoms with van der Waals surface area (Å²) in [7, 11) is 0. The second-order valence-electron chi connectivity index (χ2n) is 1.71. The molecule has 0 aromatic carbocycles. The zero-order valence-electron chi connectivity index (χ0n) is 5.10. The minimum atomic E-state index is -0.185. The molecule has 0 aliphatic heterocycles. The van der Waals surface area contributed by atoms with Crippen molar-refractivity contribution in [2.75, 3.05) is 0 Å². The zero-order valence-corrected chi connectivity index (χ0v) is 7.44. The Hall–Kier alpha value is -0.350. The van der Waals surface area contributed by atoms with Crippen molar-refractivity contribution in [3.05, 3.63) is 15.5 Å². The average Bonchev–Trinajstić information content (AvgIpc) is 1.84. The summed E-state index contributed by atoms with van der Waals surface area (Å²) >= 11 is 8.53. The van der Waals surface area contributed by atoms with E-state index in [4.69, 9.17) is 16.7 Å². The Morgan fingerprint density at radius 1 is 1.50 bits per heavy atom. The van der Waals surface area contributed by atoms with Crippen molar-refractivity contribution >= 4 is 27.5 Å². The minimum Gasteiger partial charge on any atom is -0.491 e. The topological polar surface area (TPSA) is 46.0 Å². The molecule has 0 amide bonds. The predicted molar refractivity (Wildman–Crippen MR) is 41.1 cm³/mol. The smallest absolute Gasteiger partial charge is 0.246 e. The molecule has 1 heterocycles. The third kappa shape index (κ3) is 1.38. The van der Waals surface area contributed by atoms with Gasteiger partial charge in [-0.25, -0.2) is 4.98 Å². The van der Waals surface area contributed by atoms with E-state index < -0.39 is 0 Å². The summed E-state index contributed by atoms with van der Waals surface area (Å²) in [6, 6.07) is 0. The highest BCUT2D eigenvalue weighted by atomic mass is 79.9. The molecule has 5 heteroatoms. The number of aromatic hydroxyl groups is 1. The van der Waals surface area contributed by atoms with Crippen LogP contribution in [0.2, 0.25) is 5.15 Å². The van der Waals surface area contributed by atoms with E-state index in [0.717, 1.165) is 0 Å². The molecule has 0 unspecified atom stereocenters. The fourth-order valence-corrected chi connectivity index (χ4v) is 0.940. The lowest BCUT2D eigenvalue weighted by molar-refractivity contribution is 0.445. The number of aryl methyl sites for hydroxylation is 1. The molecular formula is C5H4BrClN2O. The van der Waals surface area contributed by atoms with Crippen LogP contribution < -0.4 is 0 Å². The highest BCUT2D eigenvalue weighted by molar-refractivity contribution is 9.10. The van der Waals surface area contributed by atoms with Gasteiger partial charge in [-0.3, -0.25) is 0 Å². The lowest BCUT2D eigenvalue weighted by atomic mass is 10.5. The van der Waals surface area contributed by atoms with Crippen molar-refractivity contribution in [2.24, 2.45) is 0 Å². The molecule has 1 rings (SSSR count). The maximum Gasteiger partial charge on any atom is 0.246 e. The quantitative estimate of drug-likeness (QED) is 0.731. The highest BCUT2D eigenvalue weighted by Gasteiger charge is 2.04. The van der Waals surface area contributed by atoms with Crippen LogP contribution >= 0.6 is 27.5 Å². The molecule has 1 aromatic heterocycles. The number of hydrogen-bond donors (Lipinski definition) is 1. The number of rotatable bonds is 0. The van der Waals surface area contributed by atoms with Crippen LogP contribution in [-0.4, -0.2) is 15.1 Å². The number of aromatic nitrogens is 2. The second-order valence-corrected chi connectivity index (χ2v) is 2.82. The maximum atomic E-state index is 8.92. The molecule has 0 bridgehead atoms. The van der Waals surface area contributed by atoms with Gasteiger partial charge in [-0.15, -0.1) is 0 Å². The fourth-order valence-electron chi connectivity index (χ4n) is 0.463. The van der Waals surface area contributed by atoms with Gasteiger partial charge in [0.1, 0.15) is 0 Å². The summed E-state index contributed by atoms with van der Waals surface area (Å²) in [5.41, 5.74) is 0.589. The molecule has 0 spiro atoms. The van der Waals surface area contributed by atoms with Crippen LogP contribution in [0.4, 0.5) is 0 Å². The van der Waals surface area contributed by atoms with Gasteiger partial charge >= 0.3 is 0 Å². The van der Waals surface area contributed by atoms with Crippen molar-refractivity contribution < 1.29 is 5.11 Å². The maximum absolute atomic E-state index is 8.92. The van der Waals surface area contributed by atoms with Crippen LogP contribution in [0.15, 0.2) is 4.60 Å². The first-order valence-corrected chi connectivity index (χ1v) is 3.67. The lowest BCUT2D eigenvalue weighted by Gasteiger charge is -1.97. The van der Waals surface area contributed by atoms with E-state index in [2.05, 4.69) is 25.9 Å². The third-order valence-corrected chi connectivity index (χ3v) is 1.84. The van der Waals surface area contributed by atoms with Crippen LogP contribution in [0, 0.1) is 6.92 Å². The molecule has 0 fully saturated rings. The summed E-state index contributed by atoms with van der Waals surface area (Å²) in [5, 5.41) is 9.14. The molecule has 1 N–H and O–H groups in total. The van der Waals surface area contributed by atoms with Crippen molar-refractivity contribution in [1.29, 1.82) is 0 Å². The van der Waals surface area contributed by atoms with Crippen molar-refractivity contribution in [2.45, 2.75) is 6.92 Å². The van der Waals surface area contributed by atoms with E-state index in [9.17, 15) is 0 Å². The summed E-state index contributed by atoms with van der Waals surface area (Å²) < 4.78 is 0.314. The highest BCUT2D eigenvalue weighted by Crippen LogP contribution is 2.21. The van der Waals surface area contributed by atoms with Gasteiger partial charge in [-0.1, -0.05) is 11.6 Å². The Morgan fingerprint density at radius 2 is 2.10 bits per heavy atom. The Kier molecular flexibility index (Phi) is 2.11. The Bertz CT molecular complexity index is 216. The predicted octanol–water partition coefficient (Wildman–Crippen LogP) is 1.91. The van der Waals surface area contributed by atoms with E-state index in [1.807, 2.05) is 0 Å². The van der Waals surface area contributed by atoms with Crippen molar-refractivity contribution in [3.8, 4) is 5.88 Å². The lowest BCUT2D eigenvalue weighted by Crippen LogP contribution is -1.88. The SMILES string of the molecule is Cc1nc(Br)c(O)nc1Cl. The number of hydrogen-bond acceptors (Lipinski definition) is 3.